The Labute approximate surface area is 158 Å². The summed E-state index contributed by atoms with van der Waals surface area (Å²) in [5.41, 5.74) is 4.01. The first kappa shape index (κ1) is 17.5. The van der Waals surface area contributed by atoms with E-state index in [1.54, 1.807) is 17.6 Å². The molecule has 2 heterocycles. The van der Waals surface area contributed by atoms with E-state index < -0.39 is 0 Å². The molecule has 3 rings (SSSR count). The Balaban J connectivity index is 1.98. The van der Waals surface area contributed by atoms with E-state index in [9.17, 15) is 0 Å². The van der Waals surface area contributed by atoms with E-state index in [4.69, 9.17) is 5.26 Å². The third kappa shape index (κ3) is 4.03. The maximum atomic E-state index is 8.92. The summed E-state index contributed by atoms with van der Waals surface area (Å²) in [6.07, 6.45) is 1.78. The van der Waals surface area contributed by atoms with Gasteiger partial charge < -0.3 is 0 Å². The molecule has 1 aliphatic heterocycles. The second-order valence-electron chi connectivity index (χ2n) is 4.86. The van der Waals surface area contributed by atoms with E-state index in [1.807, 2.05) is 37.4 Å². The minimum atomic E-state index is 0.647. The van der Waals surface area contributed by atoms with Crippen LogP contribution in [0.1, 0.15) is 10.4 Å². The van der Waals surface area contributed by atoms with Gasteiger partial charge in [-0.15, -0.1) is 11.3 Å². The van der Waals surface area contributed by atoms with Gasteiger partial charge in [0, 0.05) is 21.5 Å². The Kier molecular flexibility index (Phi) is 5.73. The van der Waals surface area contributed by atoms with Crippen molar-refractivity contribution in [2.75, 3.05) is 7.05 Å². The van der Waals surface area contributed by atoms with E-state index >= 15 is 0 Å². The minimum absolute atomic E-state index is 0.647. The summed E-state index contributed by atoms with van der Waals surface area (Å²) in [6.45, 7) is 3.95. The van der Waals surface area contributed by atoms with Crippen molar-refractivity contribution in [3.63, 3.8) is 0 Å². The molecule has 1 aliphatic rings. The Morgan fingerprint density at radius 1 is 1.28 bits per heavy atom. The van der Waals surface area contributed by atoms with Gasteiger partial charge in [0.25, 0.3) is 0 Å². The molecule has 0 fully saturated rings. The number of rotatable bonds is 5. The van der Waals surface area contributed by atoms with Crippen molar-refractivity contribution in [2.24, 2.45) is 13.1 Å². The van der Waals surface area contributed by atoms with Crippen molar-refractivity contribution < 1.29 is 0 Å². The first-order chi connectivity index (χ1) is 12.2. The third-order valence-corrected chi connectivity index (χ3v) is 5.43. The molecule has 0 saturated carbocycles. The van der Waals surface area contributed by atoms with E-state index in [-0.39, 0.29) is 0 Å². The predicted molar refractivity (Wildman–Crippen MR) is 108 cm³/mol. The highest BCUT2D eigenvalue weighted by Crippen LogP contribution is 2.35. The maximum Gasteiger partial charge on any atom is 0.114 e. The molecule has 0 saturated heterocycles. The highest BCUT2D eigenvalue weighted by Gasteiger charge is 2.15. The van der Waals surface area contributed by atoms with Gasteiger partial charge in [0.2, 0.25) is 0 Å². The zero-order valence-electron chi connectivity index (χ0n) is 13.3. The van der Waals surface area contributed by atoms with E-state index in [0.29, 0.717) is 11.3 Å². The first-order valence-corrected chi connectivity index (χ1v) is 9.53. The van der Waals surface area contributed by atoms with Crippen LogP contribution in [-0.2, 0) is 11.4 Å². The Bertz CT molecular complexity index is 970. The summed E-state index contributed by atoms with van der Waals surface area (Å²) in [5.74, 6) is 0. The van der Waals surface area contributed by atoms with Gasteiger partial charge in [-0.1, -0.05) is 18.7 Å². The second-order valence-corrected chi connectivity index (χ2v) is 7.27. The molecule has 1 aromatic carbocycles. The molecule has 0 amide bonds. The molecule has 0 spiro atoms. The Hall–Kier alpha value is -2.31. The van der Waals surface area contributed by atoms with Gasteiger partial charge in [-0.05, 0) is 36.9 Å². The summed E-state index contributed by atoms with van der Waals surface area (Å²) >= 11 is 4.03. The molecule has 2 aromatic rings. The number of hydrogen-bond donors (Lipinski definition) is 1. The number of hydrogen-bond acceptors (Lipinski definition) is 7. The van der Waals surface area contributed by atoms with E-state index in [1.165, 1.54) is 12.1 Å². The molecule has 0 aliphatic carbocycles. The lowest BCUT2D eigenvalue weighted by Gasteiger charge is -2.02. The summed E-state index contributed by atoms with van der Waals surface area (Å²) in [5, 5.41) is 8.92. The molecule has 0 bridgehead atoms. The van der Waals surface area contributed by atoms with Crippen LogP contribution in [0.3, 0.4) is 0 Å². The van der Waals surface area contributed by atoms with Crippen LogP contribution in [0.2, 0.25) is 0 Å². The fraction of sp³-hybridized carbons (Fsp3) is 0.0588. The molecular weight excluding hydrogens is 370 g/mol. The van der Waals surface area contributed by atoms with Crippen molar-refractivity contribution in [1.29, 1.82) is 5.26 Å². The van der Waals surface area contributed by atoms with Crippen LogP contribution in [0, 0.1) is 11.3 Å². The van der Waals surface area contributed by atoms with Crippen LogP contribution < -0.4 is 4.72 Å². The SMILES string of the molecule is C=C1N=S=N/C1=C(/C=N/SNC)c1ccc(-c2ccc(C#N)cc2)s1. The molecule has 25 heavy (non-hydrogen) atoms. The van der Waals surface area contributed by atoms with Crippen LogP contribution in [0.5, 0.6) is 0 Å². The van der Waals surface area contributed by atoms with Crippen LogP contribution in [0.25, 0.3) is 16.0 Å². The van der Waals surface area contributed by atoms with Gasteiger partial charge in [-0.25, -0.2) is 9.12 Å². The minimum Gasteiger partial charge on any atom is -0.247 e. The lowest BCUT2D eigenvalue weighted by atomic mass is 10.1. The third-order valence-electron chi connectivity index (χ3n) is 3.31. The number of thiophene rings is 1. The summed E-state index contributed by atoms with van der Waals surface area (Å²) in [4.78, 5) is 2.15. The van der Waals surface area contributed by atoms with Gasteiger partial charge in [0.1, 0.15) is 5.70 Å². The zero-order valence-corrected chi connectivity index (χ0v) is 15.7. The first-order valence-electron chi connectivity index (χ1n) is 7.21. The molecule has 0 unspecified atom stereocenters. The molecule has 1 aromatic heterocycles. The highest BCUT2D eigenvalue weighted by atomic mass is 32.2. The molecular formula is C17H13N5S3. The lowest BCUT2D eigenvalue weighted by Crippen LogP contribution is -1.91. The number of allylic oxidation sites excluding steroid dienone is 1. The van der Waals surface area contributed by atoms with Gasteiger partial charge in [-0.3, -0.25) is 0 Å². The van der Waals surface area contributed by atoms with E-state index in [2.05, 4.69) is 36.6 Å². The highest BCUT2D eigenvalue weighted by molar-refractivity contribution is 7.96. The van der Waals surface area contributed by atoms with Crippen LogP contribution in [0.4, 0.5) is 0 Å². The fourth-order valence-electron chi connectivity index (χ4n) is 2.13. The van der Waals surface area contributed by atoms with E-state index in [0.717, 1.165) is 37.9 Å². The van der Waals surface area contributed by atoms with Gasteiger partial charge in [0.05, 0.1) is 40.8 Å². The van der Waals surface area contributed by atoms with Crippen molar-refractivity contribution in [1.82, 2.24) is 4.72 Å². The quantitative estimate of drug-likeness (QED) is 0.594. The number of nitrogens with one attached hydrogen (secondary N) is 1. The van der Waals surface area contributed by atoms with Crippen molar-refractivity contribution >= 4 is 46.6 Å². The van der Waals surface area contributed by atoms with Crippen LogP contribution >= 0.6 is 23.5 Å². The lowest BCUT2D eigenvalue weighted by molar-refractivity contribution is 1.30. The Morgan fingerprint density at radius 2 is 2.08 bits per heavy atom. The largest absolute Gasteiger partial charge is 0.247 e. The smallest absolute Gasteiger partial charge is 0.114 e. The van der Waals surface area contributed by atoms with Gasteiger partial charge in [0.15, 0.2) is 0 Å². The van der Waals surface area contributed by atoms with Crippen molar-refractivity contribution in [2.45, 2.75) is 0 Å². The average Bonchev–Trinajstić information content (AvgIpc) is 3.29. The number of nitrogens with zero attached hydrogens (tertiary/aromatic N) is 4. The molecule has 0 radical (unpaired) electrons. The maximum absolute atomic E-state index is 8.92. The Morgan fingerprint density at radius 3 is 2.72 bits per heavy atom. The van der Waals surface area contributed by atoms with Crippen LogP contribution in [0.15, 0.2) is 67.5 Å². The molecule has 8 heteroatoms. The van der Waals surface area contributed by atoms with Gasteiger partial charge >= 0.3 is 0 Å². The summed E-state index contributed by atoms with van der Waals surface area (Å²) < 4.78 is 15.7. The van der Waals surface area contributed by atoms with Crippen molar-refractivity contribution in [3.05, 3.63) is 64.8 Å². The molecule has 1 N–H and O–H groups in total. The predicted octanol–water partition coefficient (Wildman–Crippen LogP) is 4.83. The topological polar surface area (TPSA) is 72.9 Å². The number of nitriles is 1. The zero-order chi connectivity index (χ0) is 17.6. The monoisotopic (exact) mass is 383 g/mol. The average molecular weight is 384 g/mol. The van der Waals surface area contributed by atoms with Gasteiger partial charge in [-0.2, -0.15) is 14.0 Å². The standard InChI is InChI=1S/C17H13N5S3/c1-11-17(22-25-21-11)14(10-20-24-19-2)16-8-7-15(23-16)13-5-3-12(9-18)4-6-13/h3-8,10,19H,1H2,2H3/b17-14-,20-10+. The molecule has 124 valence electrons. The second kappa shape index (κ2) is 8.18. The summed E-state index contributed by atoms with van der Waals surface area (Å²) in [6, 6.07) is 13.8. The fourth-order valence-corrected chi connectivity index (χ4v) is 3.93. The molecule has 0 atom stereocenters. The van der Waals surface area contributed by atoms with Crippen LogP contribution in [-0.4, -0.2) is 13.3 Å². The number of benzene rings is 1. The normalized spacial score (nSPS) is 15.4. The summed E-state index contributed by atoms with van der Waals surface area (Å²) in [7, 11) is 1.81. The molecule has 5 nitrogen and oxygen atoms in total. The van der Waals surface area contributed by atoms with Crippen molar-refractivity contribution in [3.8, 4) is 16.5 Å².